The summed E-state index contributed by atoms with van der Waals surface area (Å²) >= 11 is 7.95. The van der Waals surface area contributed by atoms with Gasteiger partial charge in [0.2, 0.25) is 0 Å². The summed E-state index contributed by atoms with van der Waals surface area (Å²) in [5.74, 6) is 4.60. The Kier molecular flexibility index (Phi) is 4.56. The molecule has 32 heavy (non-hydrogen) atoms. The first-order valence-electron chi connectivity index (χ1n) is 12.0. The second kappa shape index (κ2) is 6.95. The van der Waals surface area contributed by atoms with E-state index in [0.29, 0.717) is 17.8 Å². The number of terminal acetylenes is 1. The van der Waals surface area contributed by atoms with Crippen LogP contribution in [0.2, 0.25) is 5.02 Å². The molecule has 2 nitrogen and oxygen atoms in total. The highest BCUT2D eigenvalue weighted by Gasteiger charge is 2.63. The zero-order valence-electron chi connectivity index (χ0n) is 18.8. The summed E-state index contributed by atoms with van der Waals surface area (Å²) in [5.41, 5.74) is 3.07. The zero-order chi connectivity index (χ0) is 22.3. The van der Waals surface area contributed by atoms with E-state index < -0.39 is 5.60 Å². The molecule has 0 saturated heterocycles. The van der Waals surface area contributed by atoms with Crippen molar-refractivity contribution in [1.82, 2.24) is 4.98 Å². The minimum Gasteiger partial charge on any atom is -0.377 e. The van der Waals surface area contributed by atoms with Crippen LogP contribution in [-0.4, -0.2) is 15.7 Å². The van der Waals surface area contributed by atoms with Crippen molar-refractivity contribution in [1.29, 1.82) is 0 Å². The van der Waals surface area contributed by atoms with E-state index in [2.05, 4.69) is 38.0 Å². The molecule has 1 heterocycles. The van der Waals surface area contributed by atoms with Crippen molar-refractivity contribution >= 4 is 28.5 Å². The second-order valence-electron chi connectivity index (χ2n) is 10.9. The third-order valence-corrected chi connectivity index (χ3v) is 11.2. The molecular weight excluding hydrogens is 434 g/mol. The molecule has 4 aliphatic rings. The molecule has 0 radical (unpaired) electrons. The highest BCUT2D eigenvalue weighted by molar-refractivity contribution is 7.16. The highest BCUT2D eigenvalue weighted by atomic mass is 35.5. The number of allylic oxidation sites excluding steroid dienone is 2. The number of benzene rings is 1. The lowest BCUT2D eigenvalue weighted by Crippen LogP contribution is -2.53. The summed E-state index contributed by atoms with van der Waals surface area (Å²) in [6.07, 6.45) is 15.7. The van der Waals surface area contributed by atoms with Gasteiger partial charge in [-0.2, -0.15) is 0 Å². The van der Waals surface area contributed by atoms with Crippen LogP contribution in [0.15, 0.2) is 30.3 Å². The van der Waals surface area contributed by atoms with Gasteiger partial charge in [0.25, 0.3) is 0 Å². The van der Waals surface area contributed by atoms with Crippen LogP contribution in [0.3, 0.4) is 0 Å². The van der Waals surface area contributed by atoms with Crippen LogP contribution >= 0.6 is 22.9 Å². The number of fused-ring (bicyclic) bond motifs is 7. The Balaban J connectivity index is 1.38. The fourth-order valence-electron chi connectivity index (χ4n) is 7.85. The monoisotopic (exact) mass is 463 g/mol. The predicted molar refractivity (Wildman–Crippen MR) is 132 cm³/mol. The number of thiazole rings is 1. The molecule has 6 rings (SSSR count). The highest BCUT2D eigenvalue weighted by Crippen LogP contribution is 2.68. The van der Waals surface area contributed by atoms with Crippen molar-refractivity contribution in [3.05, 3.63) is 45.9 Å². The van der Waals surface area contributed by atoms with Gasteiger partial charge in [0, 0.05) is 16.0 Å². The van der Waals surface area contributed by atoms with Gasteiger partial charge >= 0.3 is 0 Å². The molecule has 2 aromatic rings. The Hall–Kier alpha value is -1.60. The van der Waals surface area contributed by atoms with Gasteiger partial charge in [-0.15, -0.1) is 17.8 Å². The first-order chi connectivity index (χ1) is 15.3. The summed E-state index contributed by atoms with van der Waals surface area (Å²) < 4.78 is 0. The lowest BCUT2D eigenvalue weighted by molar-refractivity contribution is -0.0886. The van der Waals surface area contributed by atoms with Crippen LogP contribution in [0.1, 0.15) is 62.9 Å². The van der Waals surface area contributed by atoms with Crippen LogP contribution < -0.4 is 0 Å². The molecule has 0 bridgehead atoms. The van der Waals surface area contributed by atoms with E-state index in [1.165, 1.54) is 22.6 Å². The van der Waals surface area contributed by atoms with Crippen molar-refractivity contribution in [2.75, 3.05) is 0 Å². The fourth-order valence-corrected chi connectivity index (χ4v) is 9.27. The summed E-state index contributed by atoms with van der Waals surface area (Å²) in [7, 11) is 0. The predicted octanol–water partition coefficient (Wildman–Crippen LogP) is 7.01. The summed E-state index contributed by atoms with van der Waals surface area (Å²) in [4.78, 5) is 6.46. The molecule has 4 heteroatoms. The van der Waals surface area contributed by atoms with Gasteiger partial charge in [-0.1, -0.05) is 49.6 Å². The van der Waals surface area contributed by atoms with Gasteiger partial charge in [0.15, 0.2) is 0 Å². The Labute approximate surface area is 200 Å². The van der Waals surface area contributed by atoms with E-state index in [-0.39, 0.29) is 10.8 Å². The molecule has 4 aliphatic carbocycles. The number of aromatic nitrogens is 1. The van der Waals surface area contributed by atoms with Crippen LogP contribution in [-0.2, 0) is 6.42 Å². The van der Waals surface area contributed by atoms with E-state index in [4.69, 9.17) is 23.0 Å². The maximum absolute atomic E-state index is 11.2. The quantitative estimate of drug-likeness (QED) is 0.461. The SMILES string of the molecule is C#C[C@]1(O)CC[C@H]2[C@@H]3CC=C4c5sc(-c6ccc(Cl)cc6)nc5CC[C@]4(C)[C@H]3CC[C@@]21C. The largest absolute Gasteiger partial charge is 0.377 e. The topological polar surface area (TPSA) is 33.1 Å². The Morgan fingerprint density at radius 3 is 2.62 bits per heavy atom. The van der Waals surface area contributed by atoms with Crippen molar-refractivity contribution in [3.63, 3.8) is 0 Å². The van der Waals surface area contributed by atoms with Gasteiger partial charge in [0.05, 0.1) is 10.6 Å². The third-order valence-electron chi connectivity index (χ3n) is 9.77. The van der Waals surface area contributed by atoms with Crippen molar-refractivity contribution in [3.8, 4) is 22.9 Å². The maximum atomic E-state index is 11.2. The lowest BCUT2D eigenvalue weighted by Gasteiger charge is -2.57. The Morgan fingerprint density at radius 1 is 1.12 bits per heavy atom. The van der Waals surface area contributed by atoms with E-state index in [1.54, 1.807) is 0 Å². The zero-order valence-corrected chi connectivity index (χ0v) is 20.4. The molecule has 166 valence electrons. The average molecular weight is 464 g/mol. The van der Waals surface area contributed by atoms with Crippen LogP contribution in [0.5, 0.6) is 0 Å². The number of halogens is 1. The molecule has 2 saturated carbocycles. The van der Waals surface area contributed by atoms with E-state index in [9.17, 15) is 5.11 Å². The van der Waals surface area contributed by atoms with Crippen molar-refractivity contribution in [2.45, 2.75) is 64.4 Å². The summed E-state index contributed by atoms with van der Waals surface area (Å²) in [6, 6.07) is 8.05. The number of nitrogens with zero attached hydrogens (tertiary/aromatic N) is 1. The number of hydrogen-bond acceptors (Lipinski definition) is 3. The molecule has 6 atom stereocenters. The van der Waals surface area contributed by atoms with Gasteiger partial charge < -0.3 is 5.11 Å². The first-order valence-corrected chi connectivity index (χ1v) is 13.2. The van der Waals surface area contributed by atoms with Gasteiger partial charge in [0.1, 0.15) is 10.6 Å². The van der Waals surface area contributed by atoms with E-state index >= 15 is 0 Å². The maximum Gasteiger partial charge on any atom is 0.130 e. The Morgan fingerprint density at radius 2 is 1.88 bits per heavy atom. The molecule has 1 aromatic carbocycles. The summed E-state index contributed by atoms with van der Waals surface area (Å²) in [6.45, 7) is 4.77. The van der Waals surface area contributed by atoms with E-state index in [0.717, 1.165) is 54.1 Å². The molecule has 1 aromatic heterocycles. The van der Waals surface area contributed by atoms with Gasteiger partial charge in [-0.3, -0.25) is 0 Å². The standard InChI is InChI=1S/C28H30ClNOS/c1-4-28(31)16-12-21-19-9-10-22-24-23(30-25(32-24)17-5-7-18(29)8-6-17)13-14-26(22,2)20(19)11-15-27(21,28)3/h1,5-8,10,19-21,31H,9,11-16H2,2-3H3/t19-,20+,21+,26-,27+,28+/m1/s1. The number of rotatable bonds is 1. The molecule has 1 N–H and O–H groups in total. The molecule has 0 amide bonds. The number of hydrogen-bond donors (Lipinski definition) is 1. The minimum atomic E-state index is -0.932. The van der Waals surface area contributed by atoms with E-state index in [1.807, 2.05) is 23.5 Å². The normalized spacial score (nSPS) is 39.8. The molecule has 0 spiro atoms. The summed E-state index contributed by atoms with van der Waals surface area (Å²) in [5, 5.41) is 13.1. The molecular formula is C28H30ClNOS. The van der Waals surface area contributed by atoms with Crippen LogP contribution in [0.4, 0.5) is 0 Å². The fraction of sp³-hybridized carbons (Fsp3) is 0.536. The minimum absolute atomic E-state index is 0.142. The Bertz CT molecular complexity index is 1160. The molecule has 0 aliphatic heterocycles. The van der Waals surface area contributed by atoms with Crippen molar-refractivity contribution in [2.24, 2.45) is 28.6 Å². The smallest absolute Gasteiger partial charge is 0.130 e. The second-order valence-corrected chi connectivity index (χ2v) is 12.4. The van der Waals surface area contributed by atoms with Crippen molar-refractivity contribution < 1.29 is 5.11 Å². The third kappa shape index (κ3) is 2.67. The molecule has 2 fully saturated rings. The first kappa shape index (κ1) is 21.0. The number of aliphatic hydroxyl groups is 1. The lowest BCUT2D eigenvalue weighted by atomic mass is 9.47. The van der Waals surface area contributed by atoms with Crippen LogP contribution in [0, 0.1) is 40.9 Å². The number of aryl methyl sites for hydroxylation is 1. The van der Waals surface area contributed by atoms with Gasteiger partial charge in [-0.05, 0) is 85.8 Å². The van der Waals surface area contributed by atoms with Crippen LogP contribution in [0.25, 0.3) is 16.1 Å². The average Bonchev–Trinajstić information content (AvgIpc) is 3.33. The van der Waals surface area contributed by atoms with Gasteiger partial charge in [-0.25, -0.2) is 4.98 Å². The molecule has 0 unspecified atom stereocenters.